The Kier molecular flexibility index (Phi) is 7.14. The van der Waals surface area contributed by atoms with Gasteiger partial charge >= 0.3 is 0 Å². The molecule has 0 saturated carbocycles. The fraction of sp³-hybridized carbons (Fsp3) is 0.174. The van der Waals surface area contributed by atoms with Gasteiger partial charge in [-0.15, -0.1) is 0 Å². The number of halogens is 1. The minimum Gasteiger partial charge on any atom is -0.352 e. The average molecular weight is 452 g/mol. The summed E-state index contributed by atoms with van der Waals surface area (Å²) in [6.07, 6.45) is 1.93. The maximum atomic E-state index is 12.8. The standard InChI is InChI=1S/C23H22BrN3O2/c1-27(21(28)14-16-26-23(29)18-10-12-19(24)13-11-18)22(17-7-3-2-4-8-17)20-9-5-6-15-25-20/h2-13,15,22H,14,16H2,1H3,(H,26,29). The molecule has 2 aromatic carbocycles. The number of carbonyl (C=O) groups excluding carboxylic acids is 2. The molecule has 0 radical (unpaired) electrons. The van der Waals surface area contributed by atoms with Gasteiger partial charge in [0.25, 0.3) is 5.91 Å². The van der Waals surface area contributed by atoms with Crippen molar-refractivity contribution in [2.45, 2.75) is 12.5 Å². The summed E-state index contributed by atoms with van der Waals surface area (Å²) < 4.78 is 0.910. The number of nitrogens with zero attached hydrogens (tertiary/aromatic N) is 2. The van der Waals surface area contributed by atoms with Crippen molar-refractivity contribution in [3.05, 3.63) is 100 Å². The molecule has 0 bridgehead atoms. The van der Waals surface area contributed by atoms with Gasteiger partial charge in [0.05, 0.1) is 11.7 Å². The van der Waals surface area contributed by atoms with E-state index >= 15 is 0 Å². The van der Waals surface area contributed by atoms with Crippen LogP contribution in [0.3, 0.4) is 0 Å². The lowest BCUT2D eigenvalue weighted by Crippen LogP contribution is -2.35. The van der Waals surface area contributed by atoms with Crippen molar-refractivity contribution in [2.75, 3.05) is 13.6 Å². The van der Waals surface area contributed by atoms with Gasteiger partial charge in [-0.1, -0.05) is 52.3 Å². The molecule has 148 valence electrons. The van der Waals surface area contributed by atoms with Crippen LogP contribution >= 0.6 is 15.9 Å². The van der Waals surface area contributed by atoms with Crippen LogP contribution < -0.4 is 5.32 Å². The van der Waals surface area contributed by atoms with Gasteiger partial charge in [-0.05, 0) is 42.0 Å². The molecule has 0 aliphatic heterocycles. The highest BCUT2D eigenvalue weighted by atomic mass is 79.9. The lowest BCUT2D eigenvalue weighted by molar-refractivity contribution is -0.131. The topological polar surface area (TPSA) is 62.3 Å². The summed E-state index contributed by atoms with van der Waals surface area (Å²) in [4.78, 5) is 31.2. The smallest absolute Gasteiger partial charge is 0.251 e. The minimum absolute atomic E-state index is 0.0689. The first kappa shape index (κ1) is 20.7. The molecule has 6 heteroatoms. The summed E-state index contributed by atoms with van der Waals surface area (Å²) in [5.74, 6) is -0.266. The lowest BCUT2D eigenvalue weighted by Gasteiger charge is -2.28. The van der Waals surface area contributed by atoms with Crippen molar-refractivity contribution in [3.63, 3.8) is 0 Å². The number of amides is 2. The highest BCUT2D eigenvalue weighted by Gasteiger charge is 2.24. The third kappa shape index (κ3) is 5.51. The fourth-order valence-corrected chi connectivity index (χ4v) is 3.34. The van der Waals surface area contributed by atoms with Crippen molar-refractivity contribution < 1.29 is 9.59 Å². The highest BCUT2D eigenvalue weighted by molar-refractivity contribution is 9.10. The maximum Gasteiger partial charge on any atom is 0.251 e. The third-order valence-electron chi connectivity index (χ3n) is 4.59. The van der Waals surface area contributed by atoms with Crippen LogP contribution in [0.25, 0.3) is 0 Å². The molecule has 3 rings (SSSR count). The van der Waals surface area contributed by atoms with E-state index in [0.717, 1.165) is 15.7 Å². The average Bonchev–Trinajstić information content (AvgIpc) is 2.75. The van der Waals surface area contributed by atoms with Crippen molar-refractivity contribution >= 4 is 27.7 Å². The second-order valence-corrected chi connectivity index (χ2v) is 7.50. The van der Waals surface area contributed by atoms with Gasteiger partial charge < -0.3 is 10.2 Å². The second-order valence-electron chi connectivity index (χ2n) is 6.59. The van der Waals surface area contributed by atoms with Crippen LogP contribution in [0.2, 0.25) is 0 Å². The Balaban J connectivity index is 1.65. The molecular formula is C23H22BrN3O2. The molecule has 1 aromatic heterocycles. The van der Waals surface area contributed by atoms with Gasteiger partial charge in [0.15, 0.2) is 0 Å². The number of hydrogen-bond acceptors (Lipinski definition) is 3. The molecule has 1 unspecified atom stereocenters. The van der Waals surface area contributed by atoms with Crippen LogP contribution in [0.5, 0.6) is 0 Å². The van der Waals surface area contributed by atoms with Crippen LogP contribution in [0.1, 0.15) is 34.1 Å². The van der Waals surface area contributed by atoms with E-state index in [1.54, 1.807) is 30.3 Å². The van der Waals surface area contributed by atoms with Crippen LogP contribution in [0.15, 0.2) is 83.5 Å². The zero-order valence-electron chi connectivity index (χ0n) is 16.1. The SMILES string of the molecule is CN(C(=O)CCNC(=O)c1ccc(Br)cc1)C(c1ccccc1)c1ccccn1. The Morgan fingerprint density at radius 2 is 1.69 bits per heavy atom. The van der Waals surface area contributed by atoms with Gasteiger partial charge in [-0.2, -0.15) is 0 Å². The molecule has 0 aliphatic rings. The molecule has 5 nitrogen and oxygen atoms in total. The quantitative estimate of drug-likeness (QED) is 0.584. The Hall–Kier alpha value is -2.99. The van der Waals surface area contributed by atoms with Gasteiger partial charge in [-0.3, -0.25) is 14.6 Å². The predicted molar refractivity (Wildman–Crippen MR) is 116 cm³/mol. The van der Waals surface area contributed by atoms with Gasteiger partial charge in [0.1, 0.15) is 0 Å². The van der Waals surface area contributed by atoms with Crippen LogP contribution in [0.4, 0.5) is 0 Å². The summed E-state index contributed by atoms with van der Waals surface area (Å²) in [6.45, 7) is 0.266. The Bertz CT molecular complexity index is 907. The van der Waals surface area contributed by atoms with Crippen molar-refractivity contribution in [3.8, 4) is 0 Å². The van der Waals surface area contributed by atoms with Crippen molar-refractivity contribution in [2.24, 2.45) is 0 Å². The first-order valence-corrected chi connectivity index (χ1v) is 10.1. The number of aromatic nitrogens is 1. The Morgan fingerprint density at radius 3 is 2.34 bits per heavy atom. The van der Waals surface area contributed by atoms with Crippen LogP contribution in [-0.4, -0.2) is 35.3 Å². The van der Waals surface area contributed by atoms with Gasteiger partial charge in [0.2, 0.25) is 5.91 Å². The van der Waals surface area contributed by atoms with Gasteiger partial charge in [-0.25, -0.2) is 0 Å². The first-order valence-electron chi connectivity index (χ1n) is 9.31. The summed E-state index contributed by atoms with van der Waals surface area (Å²) in [5.41, 5.74) is 2.35. The molecule has 1 N–H and O–H groups in total. The highest BCUT2D eigenvalue weighted by Crippen LogP contribution is 2.26. The number of carbonyl (C=O) groups is 2. The minimum atomic E-state index is -0.285. The van der Waals surface area contributed by atoms with Crippen LogP contribution in [-0.2, 0) is 4.79 Å². The summed E-state index contributed by atoms with van der Waals surface area (Å²) >= 11 is 3.35. The number of benzene rings is 2. The van der Waals surface area contributed by atoms with E-state index < -0.39 is 0 Å². The Labute approximate surface area is 178 Å². The van der Waals surface area contributed by atoms with E-state index in [4.69, 9.17) is 0 Å². The number of hydrogen-bond donors (Lipinski definition) is 1. The van der Waals surface area contributed by atoms with E-state index in [0.29, 0.717) is 5.56 Å². The molecular weight excluding hydrogens is 430 g/mol. The van der Waals surface area contributed by atoms with Crippen LogP contribution in [0, 0.1) is 0 Å². The lowest BCUT2D eigenvalue weighted by atomic mass is 10.0. The summed E-state index contributed by atoms with van der Waals surface area (Å²) in [7, 11) is 1.77. The van der Waals surface area contributed by atoms with E-state index in [-0.39, 0.29) is 30.8 Å². The predicted octanol–water partition coefficient (Wildman–Crippen LogP) is 4.21. The van der Waals surface area contributed by atoms with E-state index in [1.165, 1.54) is 0 Å². The molecule has 29 heavy (non-hydrogen) atoms. The zero-order chi connectivity index (χ0) is 20.6. The monoisotopic (exact) mass is 451 g/mol. The number of pyridine rings is 1. The first-order chi connectivity index (χ1) is 14.1. The van der Waals surface area contributed by atoms with E-state index in [2.05, 4.69) is 26.2 Å². The van der Waals surface area contributed by atoms with Gasteiger partial charge in [0, 0.05) is 36.2 Å². The fourth-order valence-electron chi connectivity index (χ4n) is 3.07. The molecule has 1 heterocycles. The summed E-state index contributed by atoms with van der Waals surface area (Å²) in [6, 6.07) is 22.3. The normalized spacial score (nSPS) is 11.5. The maximum absolute atomic E-state index is 12.8. The van der Waals surface area contributed by atoms with E-state index in [9.17, 15) is 9.59 Å². The van der Waals surface area contributed by atoms with Crippen molar-refractivity contribution in [1.82, 2.24) is 15.2 Å². The zero-order valence-corrected chi connectivity index (χ0v) is 17.7. The molecule has 0 saturated heterocycles. The molecule has 2 amide bonds. The van der Waals surface area contributed by atoms with Crippen molar-refractivity contribution in [1.29, 1.82) is 0 Å². The largest absolute Gasteiger partial charge is 0.352 e. The Morgan fingerprint density at radius 1 is 1.00 bits per heavy atom. The molecule has 0 aliphatic carbocycles. The molecule has 1 atom stereocenters. The summed E-state index contributed by atoms with van der Waals surface area (Å²) in [5, 5.41) is 2.81. The molecule has 0 spiro atoms. The third-order valence-corrected chi connectivity index (χ3v) is 5.12. The van der Waals surface area contributed by atoms with E-state index in [1.807, 2.05) is 60.7 Å². The number of nitrogens with one attached hydrogen (secondary N) is 1. The second kappa shape index (κ2) is 9.98. The molecule has 3 aromatic rings. The number of rotatable bonds is 7. The molecule has 0 fully saturated rings.